The van der Waals surface area contributed by atoms with E-state index in [4.69, 9.17) is 4.74 Å². The molecule has 2 rings (SSSR count). The highest BCUT2D eigenvalue weighted by Gasteiger charge is 2.31. The van der Waals surface area contributed by atoms with Crippen molar-refractivity contribution in [1.29, 1.82) is 0 Å². The van der Waals surface area contributed by atoms with E-state index >= 15 is 0 Å². The van der Waals surface area contributed by atoms with E-state index < -0.39 is 12.5 Å². The lowest BCUT2D eigenvalue weighted by molar-refractivity contribution is -0.274. The van der Waals surface area contributed by atoms with Crippen LogP contribution in [0, 0.1) is 0 Å². The van der Waals surface area contributed by atoms with Crippen molar-refractivity contribution in [2.45, 2.75) is 18.6 Å². The van der Waals surface area contributed by atoms with Crippen LogP contribution in [0.5, 0.6) is 5.75 Å². The summed E-state index contributed by atoms with van der Waals surface area (Å²) in [6, 6.07) is 5.31. The Morgan fingerprint density at radius 1 is 1.33 bits per heavy atom. The van der Waals surface area contributed by atoms with E-state index in [1.165, 1.54) is 24.3 Å². The molecule has 1 aliphatic rings. The minimum atomic E-state index is -4.71. The second kappa shape index (κ2) is 8.15. The molecule has 5 nitrogen and oxygen atoms in total. The van der Waals surface area contributed by atoms with Crippen LogP contribution >= 0.6 is 0 Å². The summed E-state index contributed by atoms with van der Waals surface area (Å²) in [5.41, 5.74) is 0.556. The van der Waals surface area contributed by atoms with Gasteiger partial charge in [0.2, 0.25) is 0 Å². The number of halogens is 3. The molecular weight excluding hydrogens is 325 g/mol. The van der Waals surface area contributed by atoms with Gasteiger partial charge in [0.1, 0.15) is 5.75 Å². The highest BCUT2D eigenvalue weighted by molar-refractivity contribution is 5.28. The largest absolute Gasteiger partial charge is 0.573 e. The number of rotatable bonds is 6. The van der Waals surface area contributed by atoms with Crippen molar-refractivity contribution in [3.63, 3.8) is 0 Å². The van der Waals surface area contributed by atoms with Gasteiger partial charge >= 0.3 is 6.36 Å². The number of β-amino-alcohol motifs (C(OH)–C–C–N with tert-alkyl or cyclic N) is 1. The zero-order valence-corrected chi connectivity index (χ0v) is 13.8. The molecule has 1 saturated heterocycles. The molecule has 2 atom stereocenters. The molecule has 1 aliphatic heterocycles. The van der Waals surface area contributed by atoms with Gasteiger partial charge in [0.15, 0.2) is 0 Å². The Bertz CT molecular complexity index is 508. The number of morpholine rings is 1. The van der Waals surface area contributed by atoms with Crippen LogP contribution in [0.15, 0.2) is 24.3 Å². The van der Waals surface area contributed by atoms with Gasteiger partial charge in [0, 0.05) is 26.2 Å². The molecule has 24 heavy (non-hydrogen) atoms. The minimum Gasteiger partial charge on any atom is -0.406 e. The maximum absolute atomic E-state index is 12.1. The molecule has 0 aliphatic carbocycles. The Hall–Kier alpha value is -1.35. The van der Waals surface area contributed by atoms with Crippen LogP contribution in [0.25, 0.3) is 0 Å². The molecule has 0 saturated carbocycles. The zero-order valence-electron chi connectivity index (χ0n) is 13.8. The molecular formula is C16H23F3N2O3. The number of nitrogens with zero attached hydrogens (tertiary/aromatic N) is 2. The predicted molar refractivity (Wildman–Crippen MR) is 82.8 cm³/mol. The van der Waals surface area contributed by atoms with E-state index in [2.05, 4.69) is 9.64 Å². The first-order valence-corrected chi connectivity index (χ1v) is 7.75. The molecule has 1 aromatic carbocycles. The van der Waals surface area contributed by atoms with Crippen LogP contribution in [0.2, 0.25) is 0 Å². The summed E-state index contributed by atoms with van der Waals surface area (Å²) in [6.45, 7) is 3.24. The fraction of sp³-hybridized carbons (Fsp3) is 0.625. The van der Waals surface area contributed by atoms with Crippen molar-refractivity contribution in [3.05, 3.63) is 29.8 Å². The summed E-state index contributed by atoms with van der Waals surface area (Å²) < 4.78 is 45.9. The first-order chi connectivity index (χ1) is 11.2. The average molecular weight is 348 g/mol. The lowest BCUT2D eigenvalue weighted by Crippen LogP contribution is -2.47. The van der Waals surface area contributed by atoms with Gasteiger partial charge in [-0.15, -0.1) is 13.2 Å². The third-order valence-corrected chi connectivity index (χ3v) is 3.72. The summed E-state index contributed by atoms with van der Waals surface area (Å²) in [7, 11) is 3.95. The van der Waals surface area contributed by atoms with Crippen molar-refractivity contribution in [1.82, 2.24) is 9.80 Å². The van der Waals surface area contributed by atoms with Crippen LogP contribution in [0.4, 0.5) is 13.2 Å². The average Bonchev–Trinajstić information content (AvgIpc) is 2.46. The lowest BCUT2D eigenvalue weighted by atomic mass is 10.1. The van der Waals surface area contributed by atoms with Crippen LogP contribution in [0.1, 0.15) is 11.7 Å². The van der Waals surface area contributed by atoms with Crippen molar-refractivity contribution in [2.75, 3.05) is 46.9 Å². The molecule has 0 spiro atoms. The zero-order chi connectivity index (χ0) is 17.7. The Balaban J connectivity index is 1.88. The maximum Gasteiger partial charge on any atom is 0.573 e. The quantitative estimate of drug-likeness (QED) is 0.851. The molecule has 0 aromatic heterocycles. The Morgan fingerprint density at radius 3 is 2.58 bits per heavy atom. The lowest BCUT2D eigenvalue weighted by Gasteiger charge is -2.35. The number of alkyl halides is 3. The smallest absolute Gasteiger partial charge is 0.406 e. The molecule has 0 unspecified atom stereocenters. The van der Waals surface area contributed by atoms with Crippen molar-refractivity contribution in [3.8, 4) is 5.75 Å². The molecule has 1 aromatic rings. The normalized spacial score (nSPS) is 21.0. The first-order valence-electron chi connectivity index (χ1n) is 7.75. The highest BCUT2D eigenvalue weighted by atomic mass is 19.4. The molecule has 8 heteroatoms. The molecule has 1 heterocycles. The number of aliphatic hydroxyl groups is 1. The van der Waals surface area contributed by atoms with Crippen LogP contribution in [0.3, 0.4) is 0 Å². The Morgan fingerprint density at radius 2 is 2.00 bits per heavy atom. The van der Waals surface area contributed by atoms with E-state index in [9.17, 15) is 18.3 Å². The van der Waals surface area contributed by atoms with Gasteiger partial charge in [-0.05, 0) is 31.8 Å². The third kappa shape index (κ3) is 6.27. The van der Waals surface area contributed by atoms with Crippen molar-refractivity contribution >= 4 is 0 Å². The number of hydrogen-bond donors (Lipinski definition) is 1. The van der Waals surface area contributed by atoms with E-state index in [1.807, 2.05) is 19.0 Å². The van der Waals surface area contributed by atoms with E-state index in [0.29, 0.717) is 25.3 Å². The van der Waals surface area contributed by atoms with Crippen molar-refractivity contribution in [2.24, 2.45) is 0 Å². The second-order valence-electron chi connectivity index (χ2n) is 6.15. The molecule has 0 amide bonds. The summed E-state index contributed by atoms with van der Waals surface area (Å²) >= 11 is 0. The van der Waals surface area contributed by atoms with Gasteiger partial charge in [-0.3, -0.25) is 4.90 Å². The van der Waals surface area contributed by atoms with Crippen LogP contribution in [-0.2, 0) is 4.74 Å². The molecule has 0 bridgehead atoms. The van der Waals surface area contributed by atoms with Gasteiger partial charge in [-0.2, -0.15) is 0 Å². The fourth-order valence-electron chi connectivity index (χ4n) is 2.71. The SMILES string of the molecule is CN(C)C[C@@H]1CN(C[C@@H](O)c2ccc(OC(F)(F)F)cc2)CCO1. The van der Waals surface area contributed by atoms with Gasteiger partial charge in [-0.25, -0.2) is 0 Å². The molecule has 1 N–H and O–H groups in total. The summed E-state index contributed by atoms with van der Waals surface area (Å²) in [6.07, 6.45) is -5.40. The van der Waals surface area contributed by atoms with Gasteiger partial charge in [0.05, 0.1) is 18.8 Å². The third-order valence-electron chi connectivity index (χ3n) is 3.72. The maximum atomic E-state index is 12.1. The van der Waals surface area contributed by atoms with Gasteiger partial charge in [-0.1, -0.05) is 12.1 Å². The minimum absolute atomic E-state index is 0.0866. The first kappa shape index (κ1) is 19.0. The number of ether oxygens (including phenoxy) is 2. The monoisotopic (exact) mass is 348 g/mol. The highest BCUT2D eigenvalue weighted by Crippen LogP contribution is 2.25. The van der Waals surface area contributed by atoms with Crippen molar-refractivity contribution < 1.29 is 27.8 Å². The topological polar surface area (TPSA) is 45.2 Å². The summed E-state index contributed by atoms with van der Waals surface area (Å²) in [5.74, 6) is -0.295. The second-order valence-corrected chi connectivity index (χ2v) is 6.15. The van der Waals surface area contributed by atoms with Gasteiger partial charge in [0.25, 0.3) is 0 Å². The van der Waals surface area contributed by atoms with Crippen LogP contribution in [-0.4, -0.2) is 74.3 Å². The van der Waals surface area contributed by atoms with Crippen LogP contribution < -0.4 is 4.74 Å². The molecule has 0 radical (unpaired) electrons. The Labute approximate surface area is 139 Å². The number of hydrogen-bond acceptors (Lipinski definition) is 5. The number of aliphatic hydroxyl groups excluding tert-OH is 1. The number of likely N-dealkylation sites (N-methyl/N-ethyl adjacent to an activating group) is 1. The number of benzene rings is 1. The summed E-state index contributed by atoms with van der Waals surface area (Å²) in [5, 5.41) is 10.3. The Kier molecular flexibility index (Phi) is 6.45. The van der Waals surface area contributed by atoms with E-state index in [1.54, 1.807) is 0 Å². The van der Waals surface area contributed by atoms with E-state index in [-0.39, 0.29) is 11.9 Å². The van der Waals surface area contributed by atoms with Gasteiger partial charge < -0.3 is 19.5 Å². The standard InChI is InChI=1S/C16H23F3N2O3/c1-20(2)9-14-10-21(7-8-23-14)11-15(22)12-3-5-13(6-4-12)24-16(17,18)19/h3-6,14-15,22H,7-11H2,1-2H3/t14-,15-/m1/s1. The van der Waals surface area contributed by atoms with E-state index in [0.717, 1.165) is 13.1 Å². The predicted octanol–water partition coefficient (Wildman–Crippen LogP) is 1.88. The summed E-state index contributed by atoms with van der Waals surface area (Å²) in [4.78, 5) is 4.15. The molecule has 136 valence electrons. The fourth-order valence-corrected chi connectivity index (χ4v) is 2.71. The molecule has 1 fully saturated rings.